The average Bonchev–Trinajstić information content (AvgIpc) is 2.98. The van der Waals surface area contributed by atoms with Crippen molar-refractivity contribution < 1.29 is 26.7 Å². The number of benzene rings is 1. The normalized spacial score (nSPS) is 21.6. The van der Waals surface area contributed by atoms with Gasteiger partial charge in [-0.25, -0.2) is 22.0 Å². The summed E-state index contributed by atoms with van der Waals surface area (Å²) in [5, 5.41) is 0. The second-order valence-corrected chi connectivity index (χ2v) is 7.96. The first-order chi connectivity index (χ1) is 12.3. The Morgan fingerprint density at radius 3 is 2.35 bits per heavy atom. The average molecular weight is 389 g/mol. The zero-order valence-corrected chi connectivity index (χ0v) is 15.1. The van der Waals surface area contributed by atoms with Crippen LogP contribution >= 0.6 is 0 Å². The van der Waals surface area contributed by atoms with Crippen LogP contribution in [0.1, 0.15) is 12.0 Å². The highest BCUT2D eigenvalue weighted by Crippen LogP contribution is 2.32. The van der Waals surface area contributed by atoms with Crippen molar-refractivity contribution in [1.29, 1.82) is 0 Å². The van der Waals surface area contributed by atoms with E-state index in [4.69, 9.17) is 10.5 Å². The maximum atomic E-state index is 14.4. The zero-order chi connectivity index (χ0) is 19.5. The summed E-state index contributed by atoms with van der Waals surface area (Å²) >= 11 is 0. The Hall–Kier alpha value is -2.04. The number of allylic oxidation sites excluding steroid dienone is 1. The molecule has 0 bridgehead atoms. The van der Waals surface area contributed by atoms with Crippen LogP contribution in [0.2, 0.25) is 0 Å². The number of nitrogens with zero attached hydrogens (tertiary/aromatic N) is 1. The van der Waals surface area contributed by atoms with Crippen LogP contribution < -0.4 is 16.4 Å². The topological polar surface area (TPSA) is 116 Å². The molecular formula is C16H21F2N3O4S. The number of sulfone groups is 1. The molecule has 0 aliphatic carbocycles. The van der Waals surface area contributed by atoms with Gasteiger partial charge in [0.1, 0.15) is 17.7 Å². The number of halogens is 2. The van der Waals surface area contributed by atoms with E-state index in [2.05, 4.69) is 5.73 Å². The second-order valence-electron chi connectivity index (χ2n) is 5.73. The van der Waals surface area contributed by atoms with Crippen LogP contribution in [-0.2, 0) is 14.6 Å². The van der Waals surface area contributed by atoms with E-state index >= 15 is 0 Å². The predicted molar refractivity (Wildman–Crippen MR) is 94.4 cm³/mol. The number of hydrogen-bond acceptors (Lipinski definition) is 6. The largest absolute Gasteiger partial charge is 0.443 e. The fourth-order valence-corrected chi connectivity index (χ4v) is 3.94. The maximum absolute atomic E-state index is 14.4. The van der Waals surface area contributed by atoms with Crippen molar-refractivity contribution in [2.24, 2.45) is 11.5 Å². The number of carbonyl (C=O) groups is 1. The lowest BCUT2D eigenvalue weighted by atomic mass is 10.0. The molecule has 2 aliphatic rings. The van der Waals surface area contributed by atoms with E-state index in [-0.39, 0.29) is 42.3 Å². The van der Waals surface area contributed by atoms with Crippen LogP contribution in [0.25, 0.3) is 5.57 Å². The molecule has 2 heterocycles. The monoisotopic (exact) mass is 389 g/mol. The van der Waals surface area contributed by atoms with Gasteiger partial charge in [-0.2, -0.15) is 0 Å². The molecule has 0 spiro atoms. The van der Waals surface area contributed by atoms with Crippen molar-refractivity contribution in [3.63, 3.8) is 0 Å². The zero-order valence-electron chi connectivity index (χ0n) is 14.2. The summed E-state index contributed by atoms with van der Waals surface area (Å²) in [7, 11) is -1.69. The molecule has 1 unspecified atom stereocenters. The Labute approximate surface area is 150 Å². The molecule has 1 fully saturated rings. The van der Waals surface area contributed by atoms with Gasteiger partial charge < -0.3 is 16.2 Å². The van der Waals surface area contributed by atoms with Crippen LogP contribution in [0.15, 0.2) is 18.2 Å². The van der Waals surface area contributed by atoms with Crippen molar-refractivity contribution in [2.45, 2.75) is 12.5 Å². The Bertz CT molecular complexity index is 804. The fraction of sp³-hybridized carbons (Fsp3) is 0.438. The molecule has 1 saturated heterocycles. The van der Waals surface area contributed by atoms with Gasteiger partial charge in [-0.3, -0.25) is 4.90 Å². The quantitative estimate of drug-likeness (QED) is 0.798. The van der Waals surface area contributed by atoms with Crippen molar-refractivity contribution in [1.82, 2.24) is 0 Å². The number of rotatable bonds is 3. The molecule has 1 amide bonds. The number of anilines is 1. The number of amides is 1. The summed E-state index contributed by atoms with van der Waals surface area (Å²) in [6, 6.07) is 2.09. The molecule has 0 aromatic heterocycles. The van der Waals surface area contributed by atoms with Crippen molar-refractivity contribution in [3.8, 4) is 0 Å². The van der Waals surface area contributed by atoms with Crippen LogP contribution in [0.5, 0.6) is 0 Å². The van der Waals surface area contributed by atoms with Crippen molar-refractivity contribution >= 4 is 27.2 Å². The van der Waals surface area contributed by atoms with Gasteiger partial charge in [-0.05, 0) is 31.2 Å². The summed E-state index contributed by atoms with van der Waals surface area (Å²) in [6.45, 7) is 0.237. The highest BCUT2D eigenvalue weighted by atomic mass is 32.2. The fourth-order valence-electron chi connectivity index (χ4n) is 2.78. The van der Waals surface area contributed by atoms with E-state index in [9.17, 15) is 22.0 Å². The van der Waals surface area contributed by atoms with Gasteiger partial charge in [-0.15, -0.1) is 0 Å². The maximum Gasteiger partial charge on any atom is 0.414 e. The molecule has 10 heteroatoms. The van der Waals surface area contributed by atoms with Gasteiger partial charge in [0.15, 0.2) is 9.84 Å². The molecule has 1 aromatic carbocycles. The number of hydrogen-bond donors (Lipinski definition) is 2. The Morgan fingerprint density at radius 2 is 1.88 bits per heavy atom. The third-order valence-electron chi connectivity index (χ3n) is 4.06. The lowest BCUT2D eigenvalue weighted by Crippen LogP contribution is -2.27. The number of nitrogens with two attached hydrogens (primary N) is 2. The van der Waals surface area contributed by atoms with Gasteiger partial charge in [0.25, 0.3) is 0 Å². The van der Waals surface area contributed by atoms with Gasteiger partial charge in [0.05, 0.1) is 23.7 Å². The molecule has 26 heavy (non-hydrogen) atoms. The minimum absolute atomic E-state index is 0.0405. The Kier molecular flexibility index (Phi) is 6.32. The van der Waals surface area contributed by atoms with Crippen LogP contribution in [0.3, 0.4) is 0 Å². The van der Waals surface area contributed by atoms with Crippen LogP contribution in [0.4, 0.5) is 19.3 Å². The van der Waals surface area contributed by atoms with Gasteiger partial charge >= 0.3 is 6.09 Å². The first kappa shape index (κ1) is 20.3. The SMILES string of the molecule is CN.NCC1CN(c2cc(F)c(C3=CCS(=O)(=O)CC3)c(F)c2)C(=O)O1. The van der Waals surface area contributed by atoms with Gasteiger partial charge in [0.2, 0.25) is 0 Å². The smallest absolute Gasteiger partial charge is 0.414 e. The third kappa shape index (κ3) is 4.19. The molecule has 7 nitrogen and oxygen atoms in total. The summed E-state index contributed by atoms with van der Waals surface area (Å²) < 4.78 is 56.6. The highest BCUT2D eigenvalue weighted by molar-refractivity contribution is 7.91. The molecule has 4 N–H and O–H groups in total. The van der Waals surface area contributed by atoms with Gasteiger partial charge in [-0.1, -0.05) is 6.08 Å². The summed E-state index contributed by atoms with van der Waals surface area (Å²) in [5.41, 5.74) is 10.0. The molecule has 144 valence electrons. The Balaban J connectivity index is 0.00000117. The van der Waals surface area contributed by atoms with E-state index < -0.39 is 33.7 Å². The summed E-state index contributed by atoms with van der Waals surface area (Å²) in [6.07, 6.45) is 0.153. The van der Waals surface area contributed by atoms with Crippen molar-refractivity contribution in [3.05, 3.63) is 35.4 Å². The van der Waals surface area contributed by atoms with E-state index in [1.54, 1.807) is 0 Å². The highest BCUT2D eigenvalue weighted by Gasteiger charge is 2.33. The van der Waals surface area contributed by atoms with E-state index in [1.807, 2.05) is 0 Å². The lowest BCUT2D eigenvalue weighted by Gasteiger charge is -2.18. The van der Waals surface area contributed by atoms with Crippen LogP contribution in [-0.4, -0.2) is 52.3 Å². The number of carbonyl (C=O) groups excluding carboxylic acids is 1. The minimum Gasteiger partial charge on any atom is -0.443 e. The lowest BCUT2D eigenvalue weighted by molar-refractivity contribution is 0.145. The third-order valence-corrected chi connectivity index (χ3v) is 5.56. The molecule has 3 rings (SSSR count). The molecule has 2 aliphatic heterocycles. The molecule has 0 saturated carbocycles. The summed E-state index contributed by atoms with van der Waals surface area (Å²) in [4.78, 5) is 12.9. The summed E-state index contributed by atoms with van der Waals surface area (Å²) in [5.74, 6) is -2.07. The minimum atomic E-state index is -3.19. The molecular weight excluding hydrogens is 368 g/mol. The number of ether oxygens (including phenoxy) is 1. The van der Waals surface area contributed by atoms with Crippen LogP contribution in [0, 0.1) is 11.6 Å². The first-order valence-electron chi connectivity index (χ1n) is 7.95. The molecule has 1 atom stereocenters. The van der Waals surface area contributed by atoms with E-state index in [1.165, 1.54) is 13.1 Å². The molecule has 1 aromatic rings. The van der Waals surface area contributed by atoms with E-state index in [0.717, 1.165) is 17.0 Å². The van der Waals surface area contributed by atoms with Crippen molar-refractivity contribution in [2.75, 3.05) is 36.5 Å². The van der Waals surface area contributed by atoms with Gasteiger partial charge in [0, 0.05) is 12.1 Å². The second kappa shape index (κ2) is 8.11. The standard InChI is InChI=1S/C15H16F2N2O4S.CH5N/c16-12-5-10(19-8-11(7-18)23-15(19)20)6-13(17)14(12)9-1-3-24(21,22)4-2-9;1-2/h1,5-6,11H,2-4,7-8,18H2;2H2,1H3. The molecule has 0 radical (unpaired) electrons. The van der Waals surface area contributed by atoms with E-state index in [0.29, 0.717) is 5.57 Å². The number of cyclic esters (lactones) is 1. The Morgan fingerprint density at radius 1 is 1.27 bits per heavy atom. The predicted octanol–water partition coefficient (Wildman–Crippen LogP) is 1.03. The first-order valence-corrected chi connectivity index (χ1v) is 9.77.